The van der Waals surface area contributed by atoms with Crippen LogP contribution in [-0.4, -0.2) is 28.2 Å². The summed E-state index contributed by atoms with van der Waals surface area (Å²) in [7, 11) is 3.72. The van der Waals surface area contributed by atoms with Gasteiger partial charge in [0.2, 0.25) is 0 Å². The number of nitrogens with zero attached hydrogens (tertiary/aromatic N) is 3. The fourth-order valence-corrected chi connectivity index (χ4v) is 2.68. The normalized spacial score (nSPS) is 12.4. The Hall–Kier alpha value is -1.88. The van der Waals surface area contributed by atoms with Crippen molar-refractivity contribution in [3.05, 3.63) is 41.2 Å². The van der Waals surface area contributed by atoms with Gasteiger partial charge >= 0.3 is 0 Å². The van der Waals surface area contributed by atoms with E-state index in [2.05, 4.69) is 29.1 Å². The molecule has 0 spiro atoms. The van der Waals surface area contributed by atoms with Crippen molar-refractivity contribution in [1.29, 1.82) is 0 Å². The van der Waals surface area contributed by atoms with Gasteiger partial charge in [-0.05, 0) is 20.4 Å². The fraction of sp³-hybridized carbons (Fsp3) is 0.500. The topological polar surface area (TPSA) is 52.0 Å². The lowest BCUT2D eigenvalue weighted by Gasteiger charge is -2.19. The number of hydrogen-bond acceptors (Lipinski definition) is 4. The summed E-state index contributed by atoms with van der Waals surface area (Å²) in [6.07, 6.45) is 6.47. The molecule has 0 aliphatic carbocycles. The van der Waals surface area contributed by atoms with E-state index in [1.807, 2.05) is 37.1 Å². The number of ether oxygens (including phenoxy) is 1. The van der Waals surface area contributed by atoms with Gasteiger partial charge < -0.3 is 14.6 Å². The number of aryl methyl sites for hydroxylation is 2. The van der Waals surface area contributed by atoms with Crippen LogP contribution >= 0.6 is 0 Å². The van der Waals surface area contributed by atoms with Gasteiger partial charge in [0.25, 0.3) is 0 Å². The van der Waals surface area contributed by atoms with Gasteiger partial charge in [-0.1, -0.05) is 6.92 Å². The van der Waals surface area contributed by atoms with Gasteiger partial charge in [-0.3, -0.25) is 4.98 Å². The van der Waals surface area contributed by atoms with Gasteiger partial charge in [0.1, 0.15) is 11.6 Å². The molecule has 5 nitrogen and oxygen atoms in total. The van der Waals surface area contributed by atoms with E-state index in [1.54, 1.807) is 7.11 Å². The second-order valence-electron chi connectivity index (χ2n) is 5.26. The summed E-state index contributed by atoms with van der Waals surface area (Å²) in [6, 6.07) is 0.147. The molecule has 0 saturated carbocycles. The number of aromatic nitrogens is 3. The number of hydrogen-bond donors (Lipinski definition) is 1. The maximum Gasteiger partial charge on any atom is 0.128 e. The lowest BCUT2D eigenvalue weighted by atomic mass is 10.0. The van der Waals surface area contributed by atoms with Crippen molar-refractivity contribution in [1.82, 2.24) is 19.9 Å². The molecule has 0 fully saturated rings. The Bertz CT molecular complexity index is 606. The van der Waals surface area contributed by atoms with Crippen LogP contribution in [0.25, 0.3) is 0 Å². The Morgan fingerprint density at radius 2 is 2.10 bits per heavy atom. The van der Waals surface area contributed by atoms with Crippen LogP contribution < -0.4 is 10.1 Å². The minimum Gasteiger partial charge on any atom is -0.496 e. The van der Waals surface area contributed by atoms with Gasteiger partial charge in [-0.25, -0.2) is 4.98 Å². The molecule has 2 aromatic rings. The Balaban J connectivity index is 2.32. The van der Waals surface area contributed by atoms with Crippen LogP contribution in [0.1, 0.15) is 35.6 Å². The molecule has 2 aromatic heterocycles. The molecule has 0 radical (unpaired) electrons. The molecule has 1 N–H and O–H groups in total. The lowest BCUT2D eigenvalue weighted by molar-refractivity contribution is 0.405. The Labute approximate surface area is 126 Å². The van der Waals surface area contributed by atoms with Crippen LogP contribution in [-0.2, 0) is 13.5 Å². The van der Waals surface area contributed by atoms with Crippen molar-refractivity contribution in [2.24, 2.45) is 7.05 Å². The molecule has 1 unspecified atom stereocenters. The first-order chi connectivity index (χ1) is 10.1. The Morgan fingerprint density at radius 1 is 1.33 bits per heavy atom. The van der Waals surface area contributed by atoms with Crippen molar-refractivity contribution in [2.45, 2.75) is 33.2 Å². The summed E-state index contributed by atoms with van der Waals surface area (Å²) in [5, 5.41) is 3.49. The van der Waals surface area contributed by atoms with Crippen molar-refractivity contribution < 1.29 is 4.74 Å². The van der Waals surface area contributed by atoms with E-state index in [-0.39, 0.29) is 6.04 Å². The van der Waals surface area contributed by atoms with Gasteiger partial charge in [0, 0.05) is 48.9 Å². The van der Waals surface area contributed by atoms with E-state index < -0.39 is 0 Å². The zero-order valence-electron chi connectivity index (χ0n) is 13.5. The first kappa shape index (κ1) is 15.5. The first-order valence-electron chi connectivity index (χ1n) is 7.28. The van der Waals surface area contributed by atoms with Crippen molar-refractivity contribution in [3.8, 4) is 5.75 Å². The monoisotopic (exact) mass is 288 g/mol. The molecule has 114 valence electrons. The highest BCUT2D eigenvalue weighted by atomic mass is 16.5. The minimum absolute atomic E-state index is 0.147. The van der Waals surface area contributed by atoms with Gasteiger partial charge in [-0.15, -0.1) is 0 Å². The number of likely N-dealkylation sites (N-methyl/N-ethyl adjacent to an activating group) is 1. The summed E-state index contributed by atoms with van der Waals surface area (Å²) in [6.45, 7) is 7.07. The molecule has 2 heterocycles. The highest BCUT2D eigenvalue weighted by Gasteiger charge is 2.19. The van der Waals surface area contributed by atoms with Crippen LogP contribution in [0.4, 0.5) is 0 Å². The molecule has 0 bridgehead atoms. The fourth-order valence-electron chi connectivity index (χ4n) is 2.68. The minimum atomic E-state index is 0.147. The zero-order chi connectivity index (χ0) is 15.4. The molecule has 0 aromatic carbocycles. The van der Waals surface area contributed by atoms with E-state index in [9.17, 15) is 0 Å². The van der Waals surface area contributed by atoms with Gasteiger partial charge in [-0.2, -0.15) is 0 Å². The number of imidazole rings is 1. The van der Waals surface area contributed by atoms with E-state index in [0.29, 0.717) is 0 Å². The molecule has 0 amide bonds. The molecule has 0 aliphatic rings. The number of methoxy groups -OCH3 is 1. The maximum absolute atomic E-state index is 5.49. The molecule has 1 atom stereocenters. The van der Waals surface area contributed by atoms with Crippen molar-refractivity contribution in [2.75, 3.05) is 13.7 Å². The summed E-state index contributed by atoms with van der Waals surface area (Å²) >= 11 is 0. The molecular formula is C16H24N4O. The second kappa shape index (κ2) is 6.72. The highest BCUT2D eigenvalue weighted by molar-refractivity contribution is 5.41. The highest BCUT2D eigenvalue weighted by Crippen LogP contribution is 2.26. The quantitative estimate of drug-likeness (QED) is 0.886. The van der Waals surface area contributed by atoms with Crippen LogP contribution in [0, 0.1) is 13.8 Å². The summed E-state index contributed by atoms with van der Waals surface area (Å²) in [5.74, 6) is 1.95. The standard InChI is InChI=1S/C16H24N4O/c1-6-17-14(16-18-7-8-20(16)4)9-13-12(3)15(21-5)11(2)10-19-13/h7-8,10,14,17H,6,9H2,1-5H3. The molecule has 21 heavy (non-hydrogen) atoms. The van der Waals surface area contributed by atoms with E-state index >= 15 is 0 Å². The van der Waals surface area contributed by atoms with Gasteiger partial charge in [0.05, 0.1) is 13.2 Å². The maximum atomic E-state index is 5.49. The number of pyridine rings is 1. The van der Waals surface area contributed by atoms with Crippen molar-refractivity contribution >= 4 is 0 Å². The smallest absolute Gasteiger partial charge is 0.128 e. The van der Waals surface area contributed by atoms with Crippen LogP contribution in [0.2, 0.25) is 0 Å². The molecule has 5 heteroatoms. The molecular weight excluding hydrogens is 264 g/mol. The summed E-state index contributed by atoms with van der Waals surface area (Å²) in [5.41, 5.74) is 3.22. The third kappa shape index (κ3) is 3.24. The summed E-state index contributed by atoms with van der Waals surface area (Å²) in [4.78, 5) is 9.05. The average molecular weight is 288 g/mol. The predicted molar refractivity (Wildman–Crippen MR) is 83.6 cm³/mol. The SMILES string of the molecule is CCNC(Cc1ncc(C)c(OC)c1C)c1nccn1C. The third-order valence-corrected chi connectivity index (χ3v) is 3.77. The zero-order valence-corrected chi connectivity index (χ0v) is 13.5. The number of nitrogens with one attached hydrogen (secondary N) is 1. The van der Waals surface area contributed by atoms with Crippen LogP contribution in [0.5, 0.6) is 5.75 Å². The molecule has 0 aliphatic heterocycles. The number of rotatable bonds is 6. The van der Waals surface area contributed by atoms with E-state index in [0.717, 1.165) is 41.4 Å². The average Bonchev–Trinajstić information content (AvgIpc) is 2.88. The predicted octanol–water partition coefficient (Wildman–Crippen LogP) is 2.33. The molecule has 2 rings (SSSR count). The molecule has 0 saturated heterocycles. The van der Waals surface area contributed by atoms with Gasteiger partial charge in [0.15, 0.2) is 0 Å². The largest absolute Gasteiger partial charge is 0.496 e. The third-order valence-electron chi connectivity index (χ3n) is 3.77. The van der Waals surface area contributed by atoms with Crippen LogP contribution in [0.3, 0.4) is 0 Å². The Morgan fingerprint density at radius 3 is 2.67 bits per heavy atom. The van der Waals surface area contributed by atoms with Crippen LogP contribution in [0.15, 0.2) is 18.6 Å². The lowest BCUT2D eigenvalue weighted by Crippen LogP contribution is -2.26. The van der Waals surface area contributed by atoms with E-state index in [4.69, 9.17) is 4.74 Å². The summed E-state index contributed by atoms with van der Waals surface area (Å²) < 4.78 is 7.54. The first-order valence-corrected chi connectivity index (χ1v) is 7.28. The Kier molecular flexibility index (Phi) is 4.96. The van der Waals surface area contributed by atoms with Crippen molar-refractivity contribution in [3.63, 3.8) is 0 Å². The second-order valence-corrected chi connectivity index (χ2v) is 5.26. The van der Waals surface area contributed by atoms with E-state index in [1.165, 1.54) is 0 Å².